The van der Waals surface area contributed by atoms with Gasteiger partial charge in [0.25, 0.3) is 0 Å². The topological polar surface area (TPSA) is 88.4 Å². The van der Waals surface area contributed by atoms with Crippen LogP contribution in [0.4, 0.5) is 5.82 Å². The van der Waals surface area contributed by atoms with Crippen LogP contribution < -0.4 is 15.5 Å². The number of hydrogen-bond donors (Lipinski definition) is 2. The molecule has 0 fully saturated rings. The van der Waals surface area contributed by atoms with E-state index in [1.165, 1.54) is 0 Å². The number of sulfonamides is 1. The number of nitrogens with zero attached hydrogens (tertiary/aromatic N) is 3. The second-order valence-electron chi connectivity index (χ2n) is 9.40. The first-order valence-corrected chi connectivity index (χ1v) is 14.1. The third-order valence-corrected chi connectivity index (χ3v) is 8.06. The van der Waals surface area contributed by atoms with E-state index in [0.29, 0.717) is 6.54 Å². The Morgan fingerprint density at radius 1 is 0.895 bits per heavy atom. The highest BCUT2D eigenvalue weighted by Gasteiger charge is 2.14. The van der Waals surface area contributed by atoms with Gasteiger partial charge in [-0.2, -0.15) is 9.61 Å². The molecular formula is C29H30BN5O2S. The van der Waals surface area contributed by atoms with Crippen molar-refractivity contribution in [2.75, 3.05) is 5.32 Å². The maximum Gasteiger partial charge on any atom is 0.240 e. The molecule has 0 spiro atoms. The summed E-state index contributed by atoms with van der Waals surface area (Å²) >= 11 is 0. The summed E-state index contributed by atoms with van der Waals surface area (Å²) in [5.74, 6) is 0.836. The zero-order chi connectivity index (χ0) is 26.7. The molecule has 0 unspecified atom stereocenters. The van der Waals surface area contributed by atoms with Crippen molar-refractivity contribution in [3.63, 3.8) is 0 Å². The van der Waals surface area contributed by atoms with Gasteiger partial charge in [0.2, 0.25) is 10.0 Å². The molecule has 0 aliphatic heterocycles. The largest absolute Gasteiger partial charge is 0.366 e. The first-order chi connectivity index (χ1) is 18.3. The molecular weight excluding hydrogens is 493 g/mol. The van der Waals surface area contributed by atoms with Crippen molar-refractivity contribution in [1.29, 1.82) is 0 Å². The predicted molar refractivity (Wildman–Crippen MR) is 155 cm³/mol. The summed E-state index contributed by atoms with van der Waals surface area (Å²) in [4.78, 5) is 5.14. The number of fused-ring (bicyclic) bond motifs is 1. The lowest BCUT2D eigenvalue weighted by Crippen LogP contribution is -2.23. The van der Waals surface area contributed by atoms with Crippen molar-refractivity contribution in [1.82, 2.24) is 19.3 Å². The van der Waals surface area contributed by atoms with E-state index < -0.39 is 10.0 Å². The highest BCUT2D eigenvalue weighted by atomic mass is 32.2. The van der Waals surface area contributed by atoms with Gasteiger partial charge in [0.15, 0.2) is 5.65 Å². The summed E-state index contributed by atoms with van der Waals surface area (Å²) in [5.41, 5.74) is 7.95. The number of nitrogens with one attached hydrogen (secondary N) is 2. The van der Waals surface area contributed by atoms with E-state index in [1.807, 2.05) is 80.1 Å². The molecule has 3 aromatic carbocycles. The molecule has 38 heavy (non-hydrogen) atoms. The number of rotatable bonds is 9. The molecule has 0 saturated heterocycles. The fraction of sp³-hybridized carbons (Fsp3) is 0.172. The van der Waals surface area contributed by atoms with E-state index in [-0.39, 0.29) is 11.4 Å². The fourth-order valence-electron chi connectivity index (χ4n) is 4.41. The quantitative estimate of drug-likeness (QED) is 0.288. The molecule has 0 bridgehead atoms. The highest BCUT2D eigenvalue weighted by molar-refractivity contribution is 7.89. The van der Waals surface area contributed by atoms with Crippen LogP contribution in [0, 0.1) is 6.92 Å². The highest BCUT2D eigenvalue weighted by Crippen LogP contribution is 2.25. The lowest BCUT2D eigenvalue weighted by Gasteiger charge is -2.13. The Morgan fingerprint density at radius 3 is 2.37 bits per heavy atom. The summed E-state index contributed by atoms with van der Waals surface area (Å²) < 4.78 is 30.1. The van der Waals surface area contributed by atoms with Gasteiger partial charge in [-0.05, 0) is 53.2 Å². The van der Waals surface area contributed by atoms with Gasteiger partial charge in [-0.25, -0.2) is 18.1 Å². The number of anilines is 1. The lowest BCUT2D eigenvalue weighted by atomic mass is 10.00. The molecule has 2 heterocycles. The molecule has 0 saturated carbocycles. The summed E-state index contributed by atoms with van der Waals surface area (Å²) in [6, 6.07) is 25.1. The van der Waals surface area contributed by atoms with Gasteiger partial charge < -0.3 is 5.32 Å². The Morgan fingerprint density at radius 2 is 1.63 bits per heavy atom. The lowest BCUT2D eigenvalue weighted by molar-refractivity contribution is 0.581. The third kappa shape index (κ3) is 5.49. The second kappa shape index (κ2) is 10.8. The summed E-state index contributed by atoms with van der Waals surface area (Å²) in [6.45, 7) is 4.88. The Balaban J connectivity index is 1.33. The van der Waals surface area contributed by atoms with Gasteiger partial charge in [0.1, 0.15) is 13.7 Å². The minimum Gasteiger partial charge on any atom is -0.366 e. The summed E-state index contributed by atoms with van der Waals surface area (Å²) in [5, 5.41) is 8.02. The molecule has 0 aliphatic rings. The van der Waals surface area contributed by atoms with Crippen molar-refractivity contribution in [3.05, 3.63) is 107 Å². The summed E-state index contributed by atoms with van der Waals surface area (Å²) in [7, 11) is -1.59. The SMILES string of the molecule is Bc1cnn2c(NCc3cccc(CNS(=O)(=O)c4ccc(CC)cc4)c3)cc(-c3ccccc3C)nc12. The third-order valence-electron chi connectivity index (χ3n) is 6.64. The van der Waals surface area contributed by atoms with Crippen molar-refractivity contribution < 1.29 is 8.42 Å². The molecule has 0 radical (unpaired) electrons. The molecule has 9 heteroatoms. The molecule has 2 aromatic heterocycles. The first kappa shape index (κ1) is 25.7. The average Bonchev–Trinajstić information content (AvgIpc) is 3.31. The zero-order valence-corrected chi connectivity index (χ0v) is 22.6. The van der Waals surface area contributed by atoms with E-state index in [4.69, 9.17) is 4.98 Å². The predicted octanol–water partition coefficient (Wildman–Crippen LogP) is 3.62. The van der Waals surface area contributed by atoms with Gasteiger partial charge in [-0.1, -0.05) is 67.6 Å². The van der Waals surface area contributed by atoms with E-state index in [2.05, 4.69) is 34.2 Å². The second-order valence-corrected chi connectivity index (χ2v) is 11.2. The van der Waals surface area contributed by atoms with Crippen LogP contribution in [0.5, 0.6) is 0 Å². The standard InChI is InChI=1S/C29H30BN5O2S/c1-3-21-11-13-24(14-12-21)38(36,37)33-18-23-9-6-8-22(15-23)17-31-28-16-27(25-10-5-4-7-20(25)2)34-29-26(30)19-32-35(28)29/h4-16,19,31,33H,3,17-18,30H2,1-2H3. The number of benzene rings is 3. The Labute approximate surface area is 224 Å². The minimum atomic E-state index is -3.59. The number of hydrogen-bond acceptors (Lipinski definition) is 5. The number of aromatic nitrogens is 3. The fourth-order valence-corrected chi connectivity index (χ4v) is 5.42. The van der Waals surface area contributed by atoms with E-state index in [0.717, 1.165) is 56.9 Å². The Kier molecular flexibility index (Phi) is 7.31. The van der Waals surface area contributed by atoms with Crippen LogP contribution >= 0.6 is 0 Å². The van der Waals surface area contributed by atoms with Crippen LogP contribution in [0.3, 0.4) is 0 Å². The molecule has 0 atom stereocenters. The van der Waals surface area contributed by atoms with Crippen LogP contribution in [-0.2, 0) is 29.5 Å². The molecule has 2 N–H and O–H groups in total. The van der Waals surface area contributed by atoms with Crippen LogP contribution in [0.25, 0.3) is 16.9 Å². The van der Waals surface area contributed by atoms with E-state index in [9.17, 15) is 8.42 Å². The van der Waals surface area contributed by atoms with Crippen LogP contribution in [-0.4, -0.2) is 30.9 Å². The molecule has 5 rings (SSSR count). The zero-order valence-electron chi connectivity index (χ0n) is 21.8. The van der Waals surface area contributed by atoms with E-state index >= 15 is 0 Å². The van der Waals surface area contributed by atoms with Gasteiger partial charge >= 0.3 is 0 Å². The van der Waals surface area contributed by atoms with Gasteiger partial charge in [-0.3, -0.25) is 0 Å². The normalized spacial score (nSPS) is 11.6. The average molecular weight is 523 g/mol. The molecule has 0 aliphatic carbocycles. The molecule has 0 amide bonds. The van der Waals surface area contributed by atoms with Crippen LogP contribution in [0.2, 0.25) is 0 Å². The van der Waals surface area contributed by atoms with Crippen molar-refractivity contribution >= 4 is 34.8 Å². The minimum absolute atomic E-state index is 0.209. The first-order valence-electron chi connectivity index (χ1n) is 12.7. The van der Waals surface area contributed by atoms with Crippen LogP contribution in [0.15, 0.2) is 90.0 Å². The smallest absolute Gasteiger partial charge is 0.240 e. The molecule has 192 valence electrons. The van der Waals surface area contributed by atoms with Gasteiger partial charge in [-0.15, -0.1) is 0 Å². The van der Waals surface area contributed by atoms with E-state index in [1.54, 1.807) is 12.1 Å². The van der Waals surface area contributed by atoms with Crippen molar-refractivity contribution in [2.24, 2.45) is 0 Å². The monoisotopic (exact) mass is 523 g/mol. The summed E-state index contributed by atoms with van der Waals surface area (Å²) in [6.07, 6.45) is 2.68. The Bertz CT molecular complexity index is 1700. The molecule has 7 nitrogen and oxygen atoms in total. The van der Waals surface area contributed by atoms with Crippen molar-refractivity contribution in [2.45, 2.75) is 38.3 Å². The maximum atomic E-state index is 12.8. The molecule has 5 aromatic rings. The van der Waals surface area contributed by atoms with Crippen molar-refractivity contribution in [3.8, 4) is 11.3 Å². The van der Waals surface area contributed by atoms with Gasteiger partial charge in [0, 0.05) is 30.9 Å². The Hall–Kier alpha value is -3.95. The number of aryl methyl sites for hydroxylation is 2. The van der Waals surface area contributed by atoms with Crippen LogP contribution in [0.1, 0.15) is 29.2 Å². The maximum absolute atomic E-state index is 12.8. The van der Waals surface area contributed by atoms with Gasteiger partial charge in [0.05, 0.1) is 10.6 Å².